The summed E-state index contributed by atoms with van der Waals surface area (Å²) < 4.78 is 7.27. The molecule has 1 aliphatic heterocycles. The number of carbonyl (C=O) groups excluding carboxylic acids is 1. The van der Waals surface area contributed by atoms with Gasteiger partial charge in [0.15, 0.2) is 4.80 Å². The van der Waals surface area contributed by atoms with Crippen LogP contribution in [-0.4, -0.2) is 17.1 Å². The Bertz CT molecular complexity index is 1370. The van der Waals surface area contributed by atoms with Gasteiger partial charge in [-0.05, 0) is 37.1 Å². The molecule has 158 valence electrons. The topological polar surface area (TPSA) is 60.7 Å². The van der Waals surface area contributed by atoms with E-state index in [4.69, 9.17) is 27.9 Å². The number of thiazole rings is 1. The third-order valence-corrected chi connectivity index (χ3v) is 6.72. The number of halogens is 2. The van der Waals surface area contributed by atoms with Crippen molar-refractivity contribution in [2.45, 2.75) is 19.9 Å². The lowest BCUT2D eigenvalue weighted by atomic mass is 9.96. The molecule has 31 heavy (non-hydrogen) atoms. The fraction of sp³-hybridized carbons (Fsp3) is 0.174. The molecule has 0 fully saturated rings. The molecule has 1 aromatic heterocycles. The molecule has 0 saturated heterocycles. The van der Waals surface area contributed by atoms with Crippen molar-refractivity contribution >= 4 is 46.6 Å². The highest BCUT2D eigenvalue weighted by molar-refractivity contribution is 7.07. The van der Waals surface area contributed by atoms with Crippen molar-refractivity contribution in [2.75, 3.05) is 6.61 Å². The predicted octanol–water partition coefficient (Wildman–Crippen LogP) is 4.11. The highest BCUT2D eigenvalue weighted by atomic mass is 35.5. The zero-order chi connectivity index (χ0) is 22.1. The lowest BCUT2D eigenvalue weighted by Gasteiger charge is -2.24. The summed E-state index contributed by atoms with van der Waals surface area (Å²) in [5.41, 5.74) is 2.06. The van der Waals surface area contributed by atoms with Gasteiger partial charge < -0.3 is 4.74 Å². The largest absolute Gasteiger partial charge is 0.463 e. The zero-order valence-electron chi connectivity index (χ0n) is 16.8. The van der Waals surface area contributed by atoms with E-state index in [2.05, 4.69) is 4.99 Å². The first-order valence-corrected chi connectivity index (χ1v) is 11.2. The molecule has 0 spiro atoms. The van der Waals surface area contributed by atoms with E-state index in [0.29, 0.717) is 36.2 Å². The molecule has 1 aliphatic rings. The van der Waals surface area contributed by atoms with Crippen LogP contribution in [0.25, 0.3) is 6.08 Å². The van der Waals surface area contributed by atoms with E-state index >= 15 is 0 Å². The van der Waals surface area contributed by atoms with Gasteiger partial charge in [-0.25, -0.2) is 9.79 Å². The van der Waals surface area contributed by atoms with Crippen LogP contribution in [0.1, 0.15) is 31.0 Å². The Morgan fingerprint density at radius 3 is 2.65 bits per heavy atom. The molecule has 0 saturated carbocycles. The molecule has 0 bridgehead atoms. The molecule has 0 aliphatic carbocycles. The van der Waals surface area contributed by atoms with Crippen LogP contribution in [0.4, 0.5) is 0 Å². The lowest BCUT2D eigenvalue weighted by Crippen LogP contribution is -2.39. The van der Waals surface area contributed by atoms with Crippen LogP contribution in [-0.2, 0) is 9.53 Å². The fourth-order valence-electron chi connectivity index (χ4n) is 3.52. The SMILES string of the molecule is CCOC(=O)C1=C(C)N=c2sc(=Cc3cccc(Cl)c3Cl)c(=O)n2C1c1ccccc1. The second kappa shape index (κ2) is 8.83. The zero-order valence-corrected chi connectivity index (χ0v) is 19.1. The lowest BCUT2D eigenvalue weighted by molar-refractivity contribution is -0.139. The molecular weight excluding hydrogens is 455 g/mol. The Kier molecular flexibility index (Phi) is 6.14. The summed E-state index contributed by atoms with van der Waals surface area (Å²) in [6.07, 6.45) is 1.70. The van der Waals surface area contributed by atoms with Crippen LogP contribution in [0, 0.1) is 0 Å². The minimum Gasteiger partial charge on any atom is -0.463 e. The van der Waals surface area contributed by atoms with E-state index < -0.39 is 12.0 Å². The second-order valence-corrected chi connectivity index (χ2v) is 8.65. The first-order valence-electron chi connectivity index (χ1n) is 9.61. The van der Waals surface area contributed by atoms with E-state index in [1.54, 1.807) is 42.7 Å². The number of carbonyl (C=O) groups is 1. The number of nitrogens with zero attached hydrogens (tertiary/aromatic N) is 2. The van der Waals surface area contributed by atoms with E-state index in [9.17, 15) is 9.59 Å². The van der Waals surface area contributed by atoms with Crippen molar-refractivity contribution in [1.82, 2.24) is 4.57 Å². The maximum Gasteiger partial charge on any atom is 0.338 e. The highest BCUT2D eigenvalue weighted by Gasteiger charge is 2.33. The molecule has 8 heteroatoms. The van der Waals surface area contributed by atoms with E-state index in [1.165, 1.54) is 11.3 Å². The first kappa shape index (κ1) is 21.6. The molecule has 0 N–H and O–H groups in total. The molecule has 5 nitrogen and oxygen atoms in total. The molecule has 4 rings (SSSR count). The summed E-state index contributed by atoms with van der Waals surface area (Å²) in [5, 5.41) is 0.781. The smallest absolute Gasteiger partial charge is 0.338 e. The van der Waals surface area contributed by atoms with Crippen molar-refractivity contribution in [2.24, 2.45) is 4.99 Å². The van der Waals surface area contributed by atoms with Crippen molar-refractivity contribution < 1.29 is 9.53 Å². The van der Waals surface area contributed by atoms with Gasteiger partial charge in [0.2, 0.25) is 0 Å². The minimum atomic E-state index is -0.631. The van der Waals surface area contributed by atoms with Crippen LogP contribution >= 0.6 is 34.5 Å². The number of fused-ring (bicyclic) bond motifs is 1. The van der Waals surface area contributed by atoms with Crippen molar-refractivity contribution in [3.63, 3.8) is 0 Å². The molecule has 1 atom stereocenters. The third kappa shape index (κ3) is 3.99. The minimum absolute atomic E-state index is 0.231. The van der Waals surface area contributed by atoms with Crippen molar-refractivity contribution in [3.8, 4) is 0 Å². The standard InChI is InChI=1S/C23H18Cl2N2O3S/c1-3-30-22(29)18-13(2)26-23-27(20(18)14-8-5-4-6-9-14)21(28)17(31-23)12-15-10-7-11-16(24)19(15)25/h4-12,20H,3H2,1-2H3. The highest BCUT2D eigenvalue weighted by Crippen LogP contribution is 2.30. The van der Waals surface area contributed by atoms with Crippen LogP contribution in [0.3, 0.4) is 0 Å². The maximum absolute atomic E-state index is 13.5. The number of esters is 1. The third-order valence-electron chi connectivity index (χ3n) is 4.90. The monoisotopic (exact) mass is 472 g/mol. The van der Waals surface area contributed by atoms with Gasteiger partial charge in [-0.1, -0.05) is 77.0 Å². The number of aromatic nitrogens is 1. The predicted molar refractivity (Wildman–Crippen MR) is 123 cm³/mol. The Morgan fingerprint density at radius 1 is 1.19 bits per heavy atom. The summed E-state index contributed by atoms with van der Waals surface area (Å²) in [6.45, 7) is 3.73. The first-order chi connectivity index (χ1) is 14.9. The Labute approximate surface area is 192 Å². The van der Waals surface area contributed by atoms with Crippen LogP contribution in [0.5, 0.6) is 0 Å². The Balaban J connectivity index is 1.97. The molecular formula is C23H18Cl2N2O3S. The Hall–Kier alpha value is -2.67. The van der Waals surface area contributed by atoms with Crippen LogP contribution in [0.15, 0.2) is 69.6 Å². The van der Waals surface area contributed by atoms with Gasteiger partial charge in [0, 0.05) is 0 Å². The van der Waals surface area contributed by atoms with Gasteiger partial charge in [-0.15, -0.1) is 0 Å². The summed E-state index contributed by atoms with van der Waals surface area (Å²) in [7, 11) is 0. The number of allylic oxidation sites excluding steroid dienone is 1. The maximum atomic E-state index is 13.5. The normalized spacial score (nSPS) is 16.1. The van der Waals surface area contributed by atoms with Gasteiger partial charge in [-0.2, -0.15) is 0 Å². The van der Waals surface area contributed by atoms with Gasteiger partial charge in [0.25, 0.3) is 5.56 Å². The average Bonchev–Trinajstić information content (AvgIpc) is 3.06. The van der Waals surface area contributed by atoms with Crippen LogP contribution in [0.2, 0.25) is 10.0 Å². The number of rotatable bonds is 4. The molecule has 2 aromatic carbocycles. The number of ether oxygens (including phenoxy) is 1. The van der Waals surface area contributed by atoms with E-state index in [0.717, 1.165) is 5.56 Å². The van der Waals surface area contributed by atoms with Gasteiger partial charge in [0.1, 0.15) is 0 Å². The van der Waals surface area contributed by atoms with Crippen molar-refractivity contribution in [3.05, 3.63) is 101 Å². The molecule has 2 heterocycles. The second-order valence-electron chi connectivity index (χ2n) is 6.86. The van der Waals surface area contributed by atoms with Crippen molar-refractivity contribution in [1.29, 1.82) is 0 Å². The van der Waals surface area contributed by atoms with E-state index in [1.807, 2.05) is 30.3 Å². The van der Waals surface area contributed by atoms with Crippen LogP contribution < -0.4 is 14.9 Å². The summed E-state index contributed by atoms with van der Waals surface area (Å²) >= 11 is 13.7. The molecule has 1 unspecified atom stereocenters. The fourth-order valence-corrected chi connectivity index (χ4v) is 4.92. The van der Waals surface area contributed by atoms with Gasteiger partial charge >= 0.3 is 5.97 Å². The summed E-state index contributed by atoms with van der Waals surface area (Å²) in [4.78, 5) is 31.3. The van der Waals surface area contributed by atoms with Gasteiger partial charge in [-0.3, -0.25) is 9.36 Å². The number of benzene rings is 2. The number of hydrogen-bond acceptors (Lipinski definition) is 5. The number of hydrogen-bond donors (Lipinski definition) is 0. The molecule has 0 radical (unpaired) electrons. The molecule has 3 aromatic rings. The quantitative estimate of drug-likeness (QED) is 0.536. The molecule has 0 amide bonds. The van der Waals surface area contributed by atoms with E-state index in [-0.39, 0.29) is 12.2 Å². The summed E-state index contributed by atoms with van der Waals surface area (Å²) in [5.74, 6) is -0.482. The average molecular weight is 473 g/mol. The Morgan fingerprint density at radius 2 is 1.94 bits per heavy atom. The van der Waals surface area contributed by atoms with Gasteiger partial charge in [0.05, 0.1) is 38.5 Å². The summed E-state index contributed by atoms with van der Waals surface area (Å²) in [6, 6.07) is 14.0.